The first-order valence-corrected chi connectivity index (χ1v) is 71.9. The minimum Gasteiger partial charge on any atom is -0.465 e. The van der Waals surface area contributed by atoms with Crippen LogP contribution in [0.4, 0.5) is 13.2 Å². The van der Waals surface area contributed by atoms with Crippen molar-refractivity contribution >= 4 is 107 Å². The van der Waals surface area contributed by atoms with Crippen LogP contribution in [0.15, 0.2) is 0 Å². The van der Waals surface area contributed by atoms with Gasteiger partial charge in [0.2, 0.25) is 0 Å². The second-order valence-electron chi connectivity index (χ2n) is 43.4. The van der Waals surface area contributed by atoms with Crippen LogP contribution in [0.25, 0.3) is 0 Å². The van der Waals surface area contributed by atoms with Gasteiger partial charge in [0.25, 0.3) is 0 Å². The molecule has 124 heavy (non-hydrogen) atoms. The molecule has 12 nitrogen and oxygen atoms in total. The third kappa shape index (κ3) is 43.1. The van der Waals surface area contributed by atoms with Crippen molar-refractivity contribution in [1.29, 1.82) is 0 Å². The second kappa shape index (κ2) is 61.1. The Morgan fingerprint density at radius 3 is 1.03 bits per heavy atom. The van der Waals surface area contributed by atoms with Crippen molar-refractivity contribution in [3.05, 3.63) is 0 Å². The van der Waals surface area contributed by atoms with Gasteiger partial charge in [0.1, 0.15) is 11.2 Å². The first-order valence-electron chi connectivity index (χ1n) is 43.9. The summed E-state index contributed by atoms with van der Waals surface area (Å²) in [6.07, 6.45) is 32.7. The van der Waals surface area contributed by atoms with Crippen molar-refractivity contribution in [3.63, 3.8) is 0 Å². The van der Waals surface area contributed by atoms with E-state index in [1.54, 1.807) is 33.1 Å². The first kappa shape index (κ1) is 146. The average molecular weight is 1930 g/mol. The Hall–Kier alpha value is -1.01. The van der Waals surface area contributed by atoms with Gasteiger partial charge in [-0.3, -0.25) is 24.0 Å². The summed E-state index contributed by atoms with van der Waals surface area (Å²) in [5.74, 6) is 6.89. The molecule has 10 bridgehead atoms. The predicted molar refractivity (Wildman–Crippen MR) is 572 cm³/mol. The molecule has 1 N–H and O–H groups in total. The molecule has 0 amide bonds. The van der Waals surface area contributed by atoms with E-state index < -0.39 is 55.9 Å². The monoisotopic (exact) mass is 1930 g/mol. The number of sulfonamides is 1. The Morgan fingerprint density at radius 1 is 0.444 bits per heavy atom. The van der Waals surface area contributed by atoms with Gasteiger partial charge < -0.3 is 18.9 Å². The van der Waals surface area contributed by atoms with E-state index in [9.17, 15) is 45.6 Å². The van der Waals surface area contributed by atoms with Crippen molar-refractivity contribution in [1.82, 2.24) is 4.72 Å². The normalized spacial score (nSPS) is 28.3. The van der Waals surface area contributed by atoms with E-state index in [0.717, 1.165) is 114 Å². The van der Waals surface area contributed by atoms with Crippen molar-refractivity contribution in [2.24, 2.45) is 94.2 Å². The lowest BCUT2D eigenvalue weighted by Crippen LogP contribution is -2.41. The Kier molecular flexibility index (Phi) is 71.9. The van der Waals surface area contributed by atoms with Crippen LogP contribution in [0.1, 0.15) is 341 Å². The lowest BCUT2D eigenvalue weighted by atomic mass is 9.73. The molecule has 12 aliphatic carbocycles. The maximum absolute atomic E-state index is 12.2. The zero-order valence-corrected chi connectivity index (χ0v) is 81.1. The van der Waals surface area contributed by atoms with E-state index >= 15 is 0 Å². The number of fused-ring (bicyclic) bond motifs is 14. The van der Waals surface area contributed by atoms with Crippen molar-refractivity contribution in [3.8, 4) is 0 Å². The summed E-state index contributed by atoms with van der Waals surface area (Å²) in [5, 5.41) is 0. The average Bonchev–Trinajstić information content (AvgIpc) is 1.59. The standard InChI is InChI=1S/2C14H22O2.C10H14O2.2C10H28Si3.C9H14F3NO2S.C9H10O3.C7H20Si2.17CH4/c2*1-14(6-2-3-7-14)16-13(15)12-9-10-4-5-11(12)8-10;11-9-5-10(6-12-9)4-7-1-2-8(10)3-7;2*1-8-12(4,5)10-13(6,7)9-11(2)3;10-9(11,12)16(14,15)13-5-8-4-6-1-2-7(8)3-6;10-8-6-4-1-2-5(3-4)7(6)9(11)12-8;1-6-9(4,5)7-8(2)3;;;;;;;;;;;;;;;;;/h2*10-12H,2-9H2,1H3;7-8H,1-6H2;2*11H,8-10H2,1-7H3;6-8,13H,1-5H2;4-7H,1-3H2;8H,6-7H2,1-5H3;17*1H4. The van der Waals surface area contributed by atoms with Crippen LogP contribution in [0, 0.1) is 94.2 Å². The van der Waals surface area contributed by atoms with Gasteiger partial charge in [-0.05, 0) is 227 Å². The zero-order chi connectivity index (χ0) is 79.7. The van der Waals surface area contributed by atoms with Gasteiger partial charge >= 0.3 is 45.4 Å². The highest BCUT2D eigenvalue weighted by Gasteiger charge is 2.60. The number of alkyl halides is 3. The number of nitrogens with one attached hydrogen (secondary N) is 1. The van der Waals surface area contributed by atoms with E-state index in [0.29, 0.717) is 47.3 Å². The minimum atomic E-state index is -5.19. The summed E-state index contributed by atoms with van der Waals surface area (Å²) in [5.41, 5.74) is 3.11. The van der Waals surface area contributed by atoms with Gasteiger partial charge in [-0.25, -0.2) is 13.1 Å². The number of carbonyl (C=O) groups excluding carboxylic acids is 5. The molecular formula is C100H226F3NO11SSi8. The number of esters is 5. The number of hydrogen-bond donors (Lipinski definition) is 1. The van der Waals surface area contributed by atoms with Gasteiger partial charge in [-0.2, -0.15) is 13.2 Å². The highest BCUT2D eigenvalue weighted by Crippen LogP contribution is 2.60. The molecule has 2 saturated heterocycles. The summed E-state index contributed by atoms with van der Waals surface area (Å²) >= 11 is 0. The molecule has 14 rings (SSSR count). The molecule has 0 aromatic carbocycles. The van der Waals surface area contributed by atoms with Crippen molar-refractivity contribution in [2.45, 2.75) is 509 Å². The molecule has 2 aliphatic heterocycles. The molecule has 14 aliphatic rings. The quantitative estimate of drug-likeness (QED) is 0.0533. The maximum atomic E-state index is 12.2. The van der Waals surface area contributed by atoms with Gasteiger partial charge in [-0.1, -0.05) is 324 Å². The Labute approximate surface area is 786 Å². The van der Waals surface area contributed by atoms with Crippen molar-refractivity contribution in [2.75, 3.05) is 13.2 Å². The lowest BCUT2D eigenvalue weighted by Gasteiger charge is -2.32. The summed E-state index contributed by atoms with van der Waals surface area (Å²) < 4.78 is 80.7. The molecule has 12 saturated carbocycles. The topological polar surface area (TPSA) is 168 Å². The fourth-order valence-corrected chi connectivity index (χ4v) is 79.1. The maximum Gasteiger partial charge on any atom is 0.511 e. The number of hydrogen-bond acceptors (Lipinski definition) is 11. The molecule has 756 valence electrons. The second-order valence-corrected chi connectivity index (χ2v) is 85.0. The third-order valence-electron chi connectivity index (χ3n) is 29.3. The van der Waals surface area contributed by atoms with Crippen LogP contribution in [-0.4, -0.2) is 135 Å². The van der Waals surface area contributed by atoms with Gasteiger partial charge in [-0.15, -0.1) is 0 Å². The molecule has 14 fully saturated rings. The zero-order valence-electron chi connectivity index (χ0n) is 71.8. The summed E-state index contributed by atoms with van der Waals surface area (Å²) in [6, 6.07) is 4.42. The number of halogens is 3. The summed E-state index contributed by atoms with van der Waals surface area (Å²) in [6.45, 7) is 52.8. The molecule has 1 spiro atoms. The molecule has 0 aromatic heterocycles. The molecular weight excluding hydrogens is 1700 g/mol. The van der Waals surface area contributed by atoms with E-state index in [4.69, 9.17) is 14.2 Å². The number of carbonyl (C=O) groups is 5. The molecule has 16 atom stereocenters. The van der Waals surface area contributed by atoms with Gasteiger partial charge in [0.05, 0.1) is 36.7 Å². The number of ether oxygens (including phenoxy) is 4. The summed E-state index contributed by atoms with van der Waals surface area (Å²) in [4.78, 5) is 57.8. The molecule has 2 heterocycles. The Bertz CT molecular complexity index is 2900. The van der Waals surface area contributed by atoms with E-state index in [2.05, 4.69) is 144 Å². The smallest absolute Gasteiger partial charge is 0.465 e. The number of cyclic esters (lactones) is 3. The molecule has 0 radical (unpaired) electrons. The van der Waals surface area contributed by atoms with Gasteiger partial charge in [0.15, 0.2) is 0 Å². The van der Waals surface area contributed by atoms with Crippen LogP contribution in [0.2, 0.25) is 151 Å². The Balaban J connectivity index is -0.000000129. The Morgan fingerprint density at radius 2 is 0.774 bits per heavy atom. The minimum absolute atomic E-state index is 0. The highest BCUT2D eigenvalue weighted by atomic mass is 32.2. The predicted octanol–water partition coefficient (Wildman–Crippen LogP) is 32.5. The lowest BCUT2D eigenvalue weighted by molar-refractivity contribution is -0.165. The third-order valence-corrected chi connectivity index (χ3v) is 74.5. The fourth-order valence-electron chi connectivity index (χ4n) is 24.3. The first-order chi connectivity index (χ1) is 49.5. The highest BCUT2D eigenvalue weighted by molar-refractivity contribution is 7.90. The molecule has 0 aromatic rings. The number of rotatable bonds is 20. The van der Waals surface area contributed by atoms with Crippen LogP contribution < -0.4 is 4.72 Å². The van der Waals surface area contributed by atoms with Crippen LogP contribution in [0.5, 0.6) is 0 Å². The fraction of sp³-hybridized carbons (Fsp3) is 0.950. The van der Waals surface area contributed by atoms with E-state index in [-0.39, 0.29) is 230 Å². The van der Waals surface area contributed by atoms with E-state index in [1.165, 1.54) is 108 Å². The summed E-state index contributed by atoms with van der Waals surface area (Å²) in [7, 11) is -9.90. The van der Waals surface area contributed by atoms with Crippen LogP contribution in [-0.2, 0) is 52.9 Å². The van der Waals surface area contributed by atoms with Crippen LogP contribution >= 0.6 is 0 Å². The SMILES string of the molecule is C.C.C.C.C.C.C.C.C.C.C.C.C.C.C.C.C.CC1(OC(=O)C2CC3CCC2C3)CCCC1.CC1(OC(=O)C2CC3CCC2C3)CCCC1.CC[Si](C)(C)C[SiH](C)C.CC[Si](C)(C)C[Si](C)(C)C[SiH](C)C.CC[Si](C)(C)C[Si](C)(C)C[SiH](C)C.O=C1CC2(CO1)CC1CCC2C1.O=C1OC(=O)C2C3CCC(C3)C12.O=S(=O)(NCC1CC2CCC1C2)C(F)(F)F. The van der Waals surface area contributed by atoms with Crippen LogP contribution in [0.3, 0.4) is 0 Å². The molecule has 16 unspecified atom stereocenters. The van der Waals surface area contributed by atoms with Gasteiger partial charge in [0, 0.05) is 78.7 Å². The largest absolute Gasteiger partial charge is 0.511 e. The van der Waals surface area contributed by atoms with E-state index in [1.807, 2.05) is 0 Å². The van der Waals surface area contributed by atoms with Crippen molar-refractivity contribution < 1.29 is 64.5 Å². The molecule has 24 heteroatoms.